The van der Waals surface area contributed by atoms with Gasteiger partial charge in [0.2, 0.25) is 11.8 Å². The van der Waals surface area contributed by atoms with Gasteiger partial charge in [-0.05, 0) is 55.2 Å². The lowest BCUT2D eigenvalue weighted by atomic mass is 9.93. The quantitative estimate of drug-likeness (QED) is 0.601. The Kier molecular flexibility index (Phi) is 8.69. The first kappa shape index (κ1) is 25.0. The molecule has 0 aliphatic carbocycles. The lowest BCUT2D eigenvalue weighted by molar-refractivity contribution is -0.137. The van der Waals surface area contributed by atoms with Crippen LogP contribution in [0.5, 0.6) is 0 Å². The first-order chi connectivity index (χ1) is 15.8. The number of amides is 3. The standard InChI is InChI=1S/C24H28Cl2N4O3/c1-3-15(2)21(29-23(32)16-4-6-18(25)7-5-16)24(33)30-12-10-17(11-13-30)22(31)28-20-9-8-19(26)14-27-20/h4-9,14-15,17,21H,3,10-13H2,1-2H3,(H,29,32)(H,27,28,31). The van der Waals surface area contributed by atoms with Gasteiger partial charge in [0.05, 0.1) is 5.02 Å². The lowest BCUT2D eigenvalue weighted by Gasteiger charge is -2.35. The van der Waals surface area contributed by atoms with Crippen LogP contribution in [0.4, 0.5) is 5.82 Å². The molecule has 33 heavy (non-hydrogen) atoms. The average molecular weight is 491 g/mol. The SMILES string of the molecule is CCC(C)C(NC(=O)c1ccc(Cl)cc1)C(=O)N1CCC(C(=O)Nc2ccc(Cl)cn2)CC1. The van der Waals surface area contributed by atoms with E-state index in [4.69, 9.17) is 23.2 Å². The molecule has 0 spiro atoms. The van der Waals surface area contributed by atoms with E-state index in [2.05, 4.69) is 15.6 Å². The number of aromatic nitrogens is 1. The summed E-state index contributed by atoms with van der Waals surface area (Å²) < 4.78 is 0. The maximum absolute atomic E-state index is 13.3. The zero-order chi connectivity index (χ0) is 24.0. The second kappa shape index (κ2) is 11.5. The first-order valence-electron chi connectivity index (χ1n) is 11.1. The number of hydrogen-bond donors (Lipinski definition) is 2. The number of piperidine rings is 1. The molecule has 176 valence electrons. The fourth-order valence-electron chi connectivity index (χ4n) is 3.75. The molecule has 2 N–H and O–H groups in total. The number of benzene rings is 1. The molecule has 2 aromatic rings. The number of likely N-dealkylation sites (tertiary alicyclic amines) is 1. The van der Waals surface area contributed by atoms with Gasteiger partial charge in [-0.1, -0.05) is 43.5 Å². The number of nitrogens with zero attached hydrogens (tertiary/aromatic N) is 2. The monoisotopic (exact) mass is 490 g/mol. The van der Waals surface area contributed by atoms with E-state index >= 15 is 0 Å². The third-order valence-corrected chi connectivity index (χ3v) is 6.50. The van der Waals surface area contributed by atoms with Gasteiger partial charge in [0.15, 0.2) is 0 Å². The van der Waals surface area contributed by atoms with Crippen molar-refractivity contribution < 1.29 is 14.4 Å². The number of carbonyl (C=O) groups excluding carboxylic acids is 3. The summed E-state index contributed by atoms with van der Waals surface area (Å²) in [6, 6.07) is 9.24. The Balaban J connectivity index is 1.58. The van der Waals surface area contributed by atoms with Crippen molar-refractivity contribution in [3.8, 4) is 0 Å². The van der Waals surface area contributed by atoms with Gasteiger partial charge in [0.1, 0.15) is 11.9 Å². The van der Waals surface area contributed by atoms with Crippen molar-refractivity contribution in [3.63, 3.8) is 0 Å². The summed E-state index contributed by atoms with van der Waals surface area (Å²) >= 11 is 11.7. The molecule has 3 amide bonds. The Hall–Kier alpha value is -2.64. The van der Waals surface area contributed by atoms with Crippen LogP contribution < -0.4 is 10.6 Å². The van der Waals surface area contributed by atoms with Gasteiger partial charge in [0, 0.05) is 35.8 Å². The van der Waals surface area contributed by atoms with Crippen LogP contribution in [0.15, 0.2) is 42.6 Å². The van der Waals surface area contributed by atoms with Crippen LogP contribution in [0.25, 0.3) is 0 Å². The summed E-state index contributed by atoms with van der Waals surface area (Å²) in [6.45, 7) is 4.84. The molecule has 1 fully saturated rings. The Morgan fingerprint density at radius 2 is 1.70 bits per heavy atom. The van der Waals surface area contributed by atoms with Crippen molar-refractivity contribution in [2.75, 3.05) is 18.4 Å². The zero-order valence-corrected chi connectivity index (χ0v) is 20.2. The second-order valence-corrected chi connectivity index (χ2v) is 9.17. The Labute approximate surface area is 203 Å². The van der Waals surface area contributed by atoms with Crippen molar-refractivity contribution in [2.45, 2.75) is 39.2 Å². The topological polar surface area (TPSA) is 91.4 Å². The van der Waals surface area contributed by atoms with Gasteiger partial charge in [0.25, 0.3) is 5.91 Å². The van der Waals surface area contributed by atoms with Gasteiger partial charge in [-0.3, -0.25) is 14.4 Å². The van der Waals surface area contributed by atoms with Crippen molar-refractivity contribution in [1.29, 1.82) is 0 Å². The lowest BCUT2D eigenvalue weighted by Crippen LogP contribution is -2.53. The van der Waals surface area contributed by atoms with Crippen LogP contribution >= 0.6 is 23.2 Å². The summed E-state index contributed by atoms with van der Waals surface area (Å²) in [5.74, 6) is -0.348. The van der Waals surface area contributed by atoms with Gasteiger partial charge in [-0.25, -0.2) is 4.98 Å². The zero-order valence-electron chi connectivity index (χ0n) is 18.7. The molecule has 1 aliphatic heterocycles. The van der Waals surface area contributed by atoms with Gasteiger partial charge < -0.3 is 15.5 Å². The second-order valence-electron chi connectivity index (χ2n) is 8.29. The van der Waals surface area contributed by atoms with Gasteiger partial charge >= 0.3 is 0 Å². The van der Waals surface area contributed by atoms with E-state index in [0.29, 0.717) is 47.4 Å². The molecule has 2 atom stereocenters. The number of anilines is 1. The van der Waals surface area contributed by atoms with Crippen LogP contribution in [0.1, 0.15) is 43.5 Å². The molecular formula is C24H28Cl2N4O3. The van der Waals surface area contributed by atoms with E-state index < -0.39 is 6.04 Å². The minimum atomic E-state index is -0.637. The Morgan fingerprint density at radius 3 is 2.27 bits per heavy atom. The largest absolute Gasteiger partial charge is 0.341 e. The third-order valence-electron chi connectivity index (χ3n) is 6.03. The summed E-state index contributed by atoms with van der Waals surface area (Å²) in [5, 5.41) is 6.74. The number of rotatable bonds is 7. The molecule has 1 aromatic heterocycles. The predicted molar refractivity (Wildman–Crippen MR) is 129 cm³/mol. The predicted octanol–water partition coefficient (Wildman–Crippen LogP) is 4.41. The van der Waals surface area contributed by atoms with Crippen LogP contribution in [0.3, 0.4) is 0 Å². The van der Waals surface area contributed by atoms with Crippen molar-refractivity contribution in [1.82, 2.24) is 15.2 Å². The van der Waals surface area contributed by atoms with Crippen molar-refractivity contribution in [2.24, 2.45) is 11.8 Å². The highest BCUT2D eigenvalue weighted by Crippen LogP contribution is 2.22. The summed E-state index contributed by atoms with van der Waals surface area (Å²) in [4.78, 5) is 44.4. The van der Waals surface area contributed by atoms with Crippen LogP contribution in [-0.2, 0) is 9.59 Å². The summed E-state index contributed by atoms with van der Waals surface area (Å²) in [6.07, 6.45) is 3.31. The van der Waals surface area contributed by atoms with Crippen LogP contribution in [0, 0.1) is 11.8 Å². The van der Waals surface area contributed by atoms with E-state index in [1.54, 1.807) is 41.3 Å². The van der Waals surface area contributed by atoms with Gasteiger partial charge in [-0.2, -0.15) is 0 Å². The third kappa shape index (κ3) is 6.68. The van der Waals surface area contributed by atoms with Crippen LogP contribution in [-0.4, -0.2) is 46.7 Å². The molecule has 0 bridgehead atoms. The molecule has 0 saturated carbocycles. The Bertz CT molecular complexity index is 974. The number of carbonyl (C=O) groups is 3. The normalized spacial score (nSPS) is 16.1. The van der Waals surface area contributed by atoms with Crippen molar-refractivity contribution in [3.05, 3.63) is 58.2 Å². The average Bonchev–Trinajstić information content (AvgIpc) is 2.83. The number of nitrogens with one attached hydrogen (secondary N) is 2. The fourth-order valence-corrected chi connectivity index (χ4v) is 3.98. The fraction of sp³-hybridized carbons (Fsp3) is 0.417. The molecule has 2 heterocycles. The molecule has 2 unspecified atom stereocenters. The highest BCUT2D eigenvalue weighted by Gasteiger charge is 2.34. The number of hydrogen-bond acceptors (Lipinski definition) is 4. The molecule has 1 aromatic carbocycles. The van der Waals surface area contributed by atoms with Gasteiger partial charge in [-0.15, -0.1) is 0 Å². The molecule has 0 radical (unpaired) electrons. The van der Waals surface area contributed by atoms with E-state index in [1.165, 1.54) is 6.20 Å². The summed E-state index contributed by atoms with van der Waals surface area (Å²) in [7, 11) is 0. The molecule has 9 heteroatoms. The number of halogens is 2. The smallest absolute Gasteiger partial charge is 0.251 e. The first-order valence-corrected chi connectivity index (χ1v) is 11.8. The Morgan fingerprint density at radius 1 is 1.06 bits per heavy atom. The maximum Gasteiger partial charge on any atom is 0.251 e. The highest BCUT2D eigenvalue weighted by molar-refractivity contribution is 6.30. The van der Waals surface area contributed by atoms with Crippen LogP contribution in [0.2, 0.25) is 10.0 Å². The summed E-state index contributed by atoms with van der Waals surface area (Å²) in [5.41, 5.74) is 0.451. The molecule has 3 rings (SSSR count). The van der Waals surface area contributed by atoms with E-state index in [0.717, 1.165) is 6.42 Å². The molecule has 7 nitrogen and oxygen atoms in total. The number of pyridine rings is 1. The van der Waals surface area contributed by atoms with Crippen molar-refractivity contribution >= 4 is 46.7 Å². The molecule has 1 aliphatic rings. The van der Waals surface area contributed by atoms with E-state index in [-0.39, 0.29) is 29.6 Å². The molecule has 1 saturated heterocycles. The highest BCUT2D eigenvalue weighted by atomic mass is 35.5. The maximum atomic E-state index is 13.3. The minimum Gasteiger partial charge on any atom is -0.341 e. The molecular weight excluding hydrogens is 463 g/mol. The van der Waals surface area contributed by atoms with E-state index in [1.807, 2.05) is 13.8 Å². The minimum absolute atomic E-state index is 0.0363. The van der Waals surface area contributed by atoms with E-state index in [9.17, 15) is 14.4 Å².